The molecule has 2 aromatic carbocycles. The minimum absolute atomic E-state index is 0.102. The van der Waals surface area contributed by atoms with Crippen LogP contribution in [0.1, 0.15) is 11.1 Å². The molecule has 0 aliphatic heterocycles. The lowest BCUT2D eigenvalue weighted by Crippen LogP contribution is -2.32. The Morgan fingerprint density at radius 1 is 1.19 bits per heavy atom. The number of nitrogens with one attached hydrogen (secondary N) is 1. The van der Waals surface area contributed by atoms with Crippen LogP contribution in [0.5, 0.6) is 0 Å². The van der Waals surface area contributed by atoms with Gasteiger partial charge in [-0.1, -0.05) is 36.4 Å². The molecule has 0 fully saturated rings. The second-order valence-electron chi connectivity index (χ2n) is 4.80. The standard InChI is InChI=1S/C16H17FN2O2/c17-13-8-12(9-14(18)16(20)21)6-7-15(13)19-10-11-4-2-1-3-5-11/h1-8,14,19H,9-10,18H2,(H,20,21)/t14-/m0/s1. The van der Waals surface area contributed by atoms with Crippen molar-refractivity contribution < 1.29 is 14.3 Å². The number of aliphatic carboxylic acids is 1. The minimum atomic E-state index is -1.10. The van der Waals surface area contributed by atoms with E-state index in [2.05, 4.69) is 5.32 Å². The molecule has 0 saturated carbocycles. The van der Waals surface area contributed by atoms with Crippen molar-refractivity contribution in [1.29, 1.82) is 0 Å². The maximum Gasteiger partial charge on any atom is 0.320 e. The molecule has 0 aromatic heterocycles. The third kappa shape index (κ3) is 4.29. The van der Waals surface area contributed by atoms with Gasteiger partial charge in [-0.3, -0.25) is 4.79 Å². The molecule has 2 aromatic rings. The van der Waals surface area contributed by atoms with Gasteiger partial charge >= 0.3 is 5.97 Å². The lowest BCUT2D eigenvalue weighted by molar-refractivity contribution is -0.138. The van der Waals surface area contributed by atoms with Crippen molar-refractivity contribution in [1.82, 2.24) is 0 Å². The quantitative estimate of drug-likeness (QED) is 0.763. The summed E-state index contributed by atoms with van der Waals surface area (Å²) in [6.45, 7) is 0.520. The van der Waals surface area contributed by atoms with Gasteiger partial charge < -0.3 is 16.2 Å². The molecule has 0 spiro atoms. The van der Waals surface area contributed by atoms with Gasteiger partial charge in [-0.2, -0.15) is 0 Å². The molecular formula is C16H17FN2O2. The third-order valence-electron chi connectivity index (χ3n) is 3.13. The number of rotatable bonds is 6. The Kier molecular flexibility index (Phi) is 4.90. The van der Waals surface area contributed by atoms with E-state index in [4.69, 9.17) is 10.8 Å². The molecule has 0 heterocycles. The molecule has 0 bridgehead atoms. The molecule has 0 aliphatic rings. The Morgan fingerprint density at radius 3 is 2.52 bits per heavy atom. The monoisotopic (exact) mass is 288 g/mol. The highest BCUT2D eigenvalue weighted by Gasteiger charge is 2.13. The molecule has 0 radical (unpaired) electrons. The first-order valence-electron chi connectivity index (χ1n) is 6.61. The number of anilines is 1. The minimum Gasteiger partial charge on any atom is -0.480 e. The summed E-state index contributed by atoms with van der Waals surface area (Å²) < 4.78 is 14.0. The van der Waals surface area contributed by atoms with Crippen molar-refractivity contribution >= 4 is 11.7 Å². The summed E-state index contributed by atoms with van der Waals surface area (Å²) in [7, 11) is 0. The van der Waals surface area contributed by atoms with Crippen LogP contribution in [-0.2, 0) is 17.8 Å². The van der Waals surface area contributed by atoms with Gasteiger partial charge in [0.25, 0.3) is 0 Å². The largest absolute Gasteiger partial charge is 0.480 e. The fourth-order valence-corrected chi connectivity index (χ4v) is 1.96. The van der Waals surface area contributed by atoms with Crippen molar-refractivity contribution in [2.75, 3.05) is 5.32 Å². The van der Waals surface area contributed by atoms with Gasteiger partial charge in [0.05, 0.1) is 5.69 Å². The van der Waals surface area contributed by atoms with Gasteiger partial charge in [-0.25, -0.2) is 4.39 Å². The highest BCUT2D eigenvalue weighted by molar-refractivity contribution is 5.73. The van der Waals surface area contributed by atoms with Crippen molar-refractivity contribution in [3.63, 3.8) is 0 Å². The van der Waals surface area contributed by atoms with Crippen LogP contribution in [0.2, 0.25) is 0 Å². The van der Waals surface area contributed by atoms with Crippen LogP contribution >= 0.6 is 0 Å². The lowest BCUT2D eigenvalue weighted by atomic mass is 10.1. The number of carboxylic acids is 1. The second-order valence-corrected chi connectivity index (χ2v) is 4.80. The topological polar surface area (TPSA) is 75.3 Å². The van der Waals surface area contributed by atoms with Crippen LogP contribution < -0.4 is 11.1 Å². The molecule has 4 nitrogen and oxygen atoms in total. The van der Waals surface area contributed by atoms with E-state index < -0.39 is 17.8 Å². The van der Waals surface area contributed by atoms with Crippen LogP contribution in [0.25, 0.3) is 0 Å². The number of benzene rings is 2. The molecule has 0 aliphatic carbocycles. The van der Waals surface area contributed by atoms with E-state index in [1.165, 1.54) is 6.07 Å². The first-order valence-corrected chi connectivity index (χ1v) is 6.61. The maximum absolute atomic E-state index is 14.0. The lowest BCUT2D eigenvalue weighted by Gasteiger charge is -2.10. The summed E-state index contributed by atoms with van der Waals surface area (Å²) in [6.07, 6.45) is 0.102. The highest BCUT2D eigenvalue weighted by atomic mass is 19.1. The number of carbonyl (C=O) groups is 1. The molecule has 2 rings (SSSR count). The summed E-state index contributed by atoms with van der Waals surface area (Å²) in [5.74, 6) is -1.51. The molecule has 0 unspecified atom stereocenters. The van der Waals surface area contributed by atoms with E-state index in [9.17, 15) is 9.18 Å². The van der Waals surface area contributed by atoms with Crippen LogP contribution in [-0.4, -0.2) is 17.1 Å². The SMILES string of the molecule is N[C@@H](Cc1ccc(NCc2ccccc2)c(F)c1)C(=O)O. The summed E-state index contributed by atoms with van der Waals surface area (Å²) in [5, 5.41) is 11.8. The molecule has 1 atom stereocenters. The predicted octanol–water partition coefficient (Wildman–Crippen LogP) is 2.39. The Labute approximate surface area is 122 Å². The number of halogens is 1. The summed E-state index contributed by atoms with van der Waals surface area (Å²) in [5.41, 5.74) is 7.43. The molecular weight excluding hydrogens is 271 g/mol. The summed E-state index contributed by atoms with van der Waals surface area (Å²) in [6, 6.07) is 13.2. The zero-order valence-electron chi connectivity index (χ0n) is 11.4. The van der Waals surface area contributed by atoms with E-state index in [0.29, 0.717) is 17.8 Å². The Morgan fingerprint density at radius 2 is 1.90 bits per heavy atom. The first-order chi connectivity index (χ1) is 10.1. The number of hydrogen-bond donors (Lipinski definition) is 3. The predicted molar refractivity (Wildman–Crippen MR) is 79.5 cm³/mol. The Bertz CT molecular complexity index is 617. The van der Waals surface area contributed by atoms with E-state index in [1.54, 1.807) is 12.1 Å². The van der Waals surface area contributed by atoms with E-state index in [0.717, 1.165) is 5.56 Å². The second kappa shape index (κ2) is 6.85. The number of carboxylic acid groups (broad SMARTS) is 1. The van der Waals surface area contributed by atoms with Gasteiger partial charge in [-0.05, 0) is 29.7 Å². The smallest absolute Gasteiger partial charge is 0.320 e. The molecule has 0 saturated heterocycles. The number of nitrogens with two attached hydrogens (primary N) is 1. The Hall–Kier alpha value is -2.40. The summed E-state index contributed by atoms with van der Waals surface area (Å²) >= 11 is 0. The Balaban J connectivity index is 2.00. The molecule has 110 valence electrons. The van der Waals surface area contributed by atoms with E-state index >= 15 is 0 Å². The van der Waals surface area contributed by atoms with Crippen molar-refractivity contribution in [3.05, 3.63) is 65.5 Å². The van der Waals surface area contributed by atoms with Gasteiger partial charge in [0.2, 0.25) is 0 Å². The molecule has 5 heteroatoms. The van der Waals surface area contributed by atoms with Crippen molar-refractivity contribution in [2.45, 2.75) is 19.0 Å². The van der Waals surface area contributed by atoms with Gasteiger partial charge in [0, 0.05) is 6.54 Å². The van der Waals surface area contributed by atoms with Crippen molar-refractivity contribution in [3.8, 4) is 0 Å². The van der Waals surface area contributed by atoms with Crippen LogP contribution in [0.4, 0.5) is 10.1 Å². The average Bonchev–Trinajstić information content (AvgIpc) is 2.47. The fourth-order valence-electron chi connectivity index (χ4n) is 1.96. The van der Waals surface area contributed by atoms with Crippen LogP contribution in [0, 0.1) is 5.82 Å². The van der Waals surface area contributed by atoms with E-state index in [1.807, 2.05) is 30.3 Å². The molecule has 21 heavy (non-hydrogen) atoms. The summed E-state index contributed by atoms with van der Waals surface area (Å²) in [4.78, 5) is 10.7. The average molecular weight is 288 g/mol. The van der Waals surface area contributed by atoms with Crippen molar-refractivity contribution in [2.24, 2.45) is 5.73 Å². The van der Waals surface area contributed by atoms with Gasteiger partial charge in [0.1, 0.15) is 11.9 Å². The first kappa shape index (κ1) is 15.0. The van der Waals surface area contributed by atoms with Gasteiger partial charge in [-0.15, -0.1) is 0 Å². The normalized spacial score (nSPS) is 11.9. The number of hydrogen-bond acceptors (Lipinski definition) is 3. The molecule has 0 amide bonds. The van der Waals surface area contributed by atoms with Crippen LogP contribution in [0.3, 0.4) is 0 Å². The fraction of sp³-hybridized carbons (Fsp3) is 0.188. The zero-order chi connectivity index (χ0) is 15.2. The van der Waals surface area contributed by atoms with E-state index in [-0.39, 0.29) is 6.42 Å². The van der Waals surface area contributed by atoms with Crippen LogP contribution in [0.15, 0.2) is 48.5 Å². The maximum atomic E-state index is 14.0. The van der Waals surface area contributed by atoms with Gasteiger partial charge in [0.15, 0.2) is 0 Å². The zero-order valence-corrected chi connectivity index (χ0v) is 11.4. The molecule has 4 N–H and O–H groups in total. The highest BCUT2D eigenvalue weighted by Crippen LogP contribution is 2.17. The third-order valence-corrected chi connectivity index (χ3v) is 3.13.